The number of nitrogens with zero attached hydrogens (tertiary/aromatic N) is 1. The summed E-state index contributed by atoms with van der Waals surface area (Å²) in [4.78, 5) is 25.8. The predicted molar refractivity (Wildman–Crippen MR) is 81.3 cm³/mol. The van der Waals surface area contributed by atoms with Crippen LogP contribution in [0, 0.1) is 0 Å². The van der Waals surface area contributed by atoms with Gasteiger partial charge in [0.2, 0.25) is 11.8 Å². The van der Waals surface area contributed by atoms with Gasteiger partial charge in [-0.25, -0.2) is 0 Å². The zero-order valence-corrected chi connectivity index (χ0v) is 13.1. The maximum Gasteiger partial charge on any atom is 0.242 e. The third-order valence-electron chi connectivity index (χ3n) is 3.55. The quantitative estimate of drug-likeness (QED) is 0.914. The second kappa shape index (κ2) is 6.88. The highest BCUT2D eigenvalue weighted by molar-refractivity contribution is 9.10. The number of hydrogen-bond donors (Lipinski definition) is 1. The Bertz CT molecular complexity index is 504. The van der Waals surface area contributed by atoms with Crippen LogP contribution in [0.1, 0.15) is 25.3 Å². The van der Waals surface area contributed by atoms with Crippen LogP contribution in [-0.4, -0.2) is 35.8 Å². The normalized spacial score (nSPS) is 18.8. The van der Waals surface area contributed by atoms with Gasteiger partial charge in [0.05, 0.1) is 0 Å². The molecule has 1 aliphatic heterocycles. The van der Waals surface area contributed by atoms with Crippen LogP contribution in [0.15, 0.2) is 28.7 Å². The van der Waals surface area contributed by atoms with E-state index in [1.807, 2.05) is 31.2 Å². The van der Waals surface area contributed by atoms with Crippen molar-refractivity contribution in [1.82, 2.24) is 10.2 Å². The van der Waals surface area contributed by atoms with E-state index in [9.17, 15) is 9.59 Å². The average molecular weight is 339 g/mol. The predicted octanol–water partition coefficient (Wildman–Crippen LogP) is 2.12. The van der Waals surface area contributed by atoms with Crippen LogP contribution < -0.4 is 5.32 Å². The molecule has 108 valence electrons. The van der Waals surface area contributed by atoms with Crippen molar-refractivity contribution in [3.05, 3.63) is 34.3 Å². The van der Waals surface area contributed by atoms with E-state index in [1.54, 1.807) is 4.90 Å². The lowest BCUT2D eigenvalue weighted by Gasteiger charge is -2.34. The first-order valence-corrected chi connectivity index (χ1v) is 7.72. The van der Waals surface area contributed by atoms with Gasteiger partial charge in [-0.15, -0.1) is 0 Å². The lowest BCUT2D eigenvalue weighted by molar-refractivity contribution is -0.143. The Balaban J connectivity index is 1.95. The Labute approximate surface area is 127 Å². The summed E-state index contributed by atoms with van der Waals surface area (Å²) >= 11 is 3.43. The van der Waals surface area contributed by atoms with E-state index >= 15 is 0 Å². The van der Waals surface area contributed by atoms with Crippen LogP contribution in [0.2, 0.25) is 0 Å². The first-order valence-electron chi connectivity index (χ1n) is 6.93. The van der Waals surface area contributed by atoms with Crippen molar-refractivity contribution in [1.29, 1.82) is 0 Å². The number of aryl methyl sites for hydroxylation is 1. The minimum Gasteiger partial charge on any atom is -0.353 e. The van der Waals surface area contributed by atoms with Crippen LogP contribution in [-0.2, 0) is 16.0 Å². The molecule has 1 saturated heterocycles. The van der Waals surface area contributed by atoms with Gasteiger partial charge in [0, 0.05) is 24.0 Å². The van der Waals surface area contributed by atoms with Gasteiger partial charge in [-0.2, -0.15) is 0 Å². The molecule has 20 heavy (non-hydrogen) atoms. The van der Waals surface area contributed by atoms with E-state index in [2.05, 4.69) is 21.2 Å². The van der Waals surface area contributed by atoms with Gasteiger partial charge in [-0.1, -0.05) is 35.0 Å². The van der Waals surface area contributed by atoms with E-state index in [0.717, 1.165) is 10.0 Å². The Morgan fingerprint density at radius 2 is 2.30 bits per heavy atom. The molecule has 5 heteroatoms. The van der Waals surface area contributed by atoms with Crippen molar-refractivity contribution in [2.75, 3.05) is 13.1 Å². The summed E-state index contributed by atoms with van der Waals surface area (Å²) in [5.74, 6) is 0.0289. The summed E-state index contributed by atoms with van der Waals surface area (Å²) < 4.78 is 1.02. The third-order valence-corrected chi connectivity index (χ3v) is 4.05. The first-order chi connectivity index (χ1) is 9.61. The number of rotatable bonds is 4. The first kappa shape index (κ1) is 15.0. The molecule has 2 amide bonds. The molecule has 1 heterocycles. The van der Waals surface area contributed by atoms with Crippen LogP contribution in [0.25, 0.3) is 0 Å². The lowest BCUT2D eigenvalue weighted by atomic mass is 10.1. The van der Waals surface area contributed by atoms with Crippen molar-refractivity contribution in [3.8, 4) is 0 Å². The van der Waals surface area contributed by atoms with Crippen molar-refractivity contribution in [3.63, 3.8) is 0 Å². The summed E-state index contributed by atoms with van der Waals surface area (Å²) in [6, 6.07) is 7.66. The summed E-state index contributed by atoms with van der Waals surface area (Å²) in [6.45, 7) is 3.10. The Morgan fingerprint density at radius 1 is 1.50 bits per heavy atom. The number of nitrogens with one attached hydrogen (secondary N) is 1. The minimum atomic E-state index is -0.307. The summed E-state index contributed by atoms with van der Waals surface area (Å²) in [6.07, 6.45) is 1.81. The number of hydrogen-bond acceptors (Lipinski definition) is 2. The molecule has 2 rings (SSSR count). The lowest BCUT2D eigenvalue weighted by Crippen LogP contribution is -2.56. The van der Waals surface area contributed by atoms with Crippen molar-refractivity contribution >= 4 is 27.7 Å². The molecule has 0 spiro atoms. The van der Waals surface area contributed by atoms with Crippen LogP contribution in [0.3, 0.4) is 0 Å². The number of benzene rings is 1. The molecule has 1 fully saturated rings. The molecule has 0 radical (unpaired) electrons. The molecule has 1 N–H and O–H groups in total. The molecule has 4 nitrogen and oxygen atoms in total. The minimum absolute atomic E-state index is 0.0328. The second-order valence-corrected chi connectivity index (χ2v) is 5.85. The van der Waals surface area contributed by atoms with E-state index in [4.69, 9.17) is 0 Å². The standard InChI is InChI=1S/C15H19BrN2O2/c1-2-13-15(20)17-8-9-18(13)14(19)7-6-11-4-3-5-12(16)10-11/h3-5,10,13H,2,6-9H2,1H3,(H,17,20). The van der Waals surface area contributed by atoms with E-state index in [0.29, 0.717) is 32.4 Å². The van der Waals surface area contributed by atoms with Gasteiger partial charge in [0.1, 0.15) is 6.04 Å². The Hall–Kier alpha value is -1.36. The summed E-state index contributed by atoms with van der Waals surface area (Å²) in [5, 5.41) is 2.81. The molecular weight excluding hydrogens is 320 g/mol. The molecule has 0 saturated carbocycles. The van der Waals surface area contributed by atoms with Crippen LogP contribution in [0.5, 0.6) is 0 Å². The molecule has 1 aromatic carbocycles. The van der Waals surface area contributed by atoms with E-state index in [-0.39, 0.29) is 17.9 Å². The average Bonchev–Trinajstić information content (AvgIpc) is 2.44. The highest BCUT2D eigenvalue weighted by Gasteiger charge is 2.30. The fourth-order valence-electron chi connectivity index (χ4n) is 2.51. The molecule has 0 aliphatic carbocycles. The van der Waals surface area contributed by atoms with Crippen LogP contribution in [0.4, 0.5) is 0 Å². The zero-order chi connectivity index (χ0) is 14.5. The van der Waals surface area contributed by atoms with Gasteiger partial charge >= 0.3 is 0 Å². The molecule has 0 aromatic heterocycles. The topological polar surface area (TPSA) is 49.4 Å². The number of carbonyl (C=O) groups excluding carboxylic acids is 2. The van der Waals surface area contributed by atoms with Gasteiger partial charge < -0.3 is 10.2 Å². The monoisotopic (exact) mass is 338 g/mol. The molecule has 1 atom stereocenters. The maximum atomic E-state index is 12.3. The number of halogens is 1. The molecule has 0 bridgehead atoms. The van der Waals surface area contributed by atoms with Crippen molar-refractivity contribution < 1.29 is 9.59 Å². The van der Waals surface area contributed by atoms with Gasteiger partial charge in [0.25, 0.3) is 0 Å². The van der Waals surface area contributed by atoms with Gasteiger partial charge in [-0.05, 0) is 30.5 Å². The number of piperazine rings is 1. The third kappa shape index (κ3) is 3.60. The largest absolute Gasteiger partial charge is 0.353 e. The van der Waals surface area contributed by atoms with Crippen LogP contribution >= 0.6 is 15.9 Å². The SMILES string of the molecule is CCC1C(=O)NCCN1C(=O)CCc1cccc(Br)c1. The molecule has 1 unspecified atom stereocenters. The second-order valence-electron chi connectivity index (χ2n) is 4.93. The van der Waals surface area contributed by atoms with E-state index in [1.165, 1.54) is 0 Å². The number of carbonyl (C=O) groups is 2. The molecule has 1 aliphatic rings. The maximum absolute atomic E-state index is 12.3. The van der Waals surface area contributed by atoms with Gasteiger partial charge in [-0.3, -0.25) is 9.59 Å². The fraction of sp³-hybridized carbons (Fsp3) is 0.467. The molecule has 1 aromatic rings. The fourth-order valence-corrected chi connectivity index (χ4v) is 2.95. The van der Waals surface area contributed by atoms with Crippen molar-refractivity contribution in [2.24, 2.45) is 0 Å². The van der Waals surface area contributed by atoms with E-state index < -0.39 is 0 Å². The molecular formula is C15H19BrN2O2. The summed E-state index contributed by atoms with van der Waals surface area (Å²) in [5.41, 5.74) is 1.13. The Kier molecular flexibility index (Phi) is 5.17. The summed E-state index contributed by atoms with van der Waals surface area (Å²) in [7, 11) is 0. The Morgan fingerprint density at radius 3 is 3.00 bits per heavy atom. The highest BCUT2D eigenvalue weighted by atomic mass is 79.9. The zero-order valence-electron chi connectivity index (χ0n) is 11.6. The highest BCUT2D eigenvalue weighted by Crippen LogP contribution is 2.15. The smallest absolute Gasteiger partial charge is 0.242 e. The van der Waals surface area contributed by atoms with Crippen molar-refractivity contribution in [2.45, 2.75) is 32.2 Å². The number of amides is 2. The van der Waals surface area contributed by atoms with Gasteiger partial charge in [0.15, 0.2) is 0 Å².